The van der Waals surface area contributed by atoms with Crippen molar-refractivity contribution in [1.82, 2.24) is 4.90 Å². The molecule has 0 spiro atoms. The monoisotopic (exact) mass is 216 g/mol. The lowest BCUT2D eigenvalue weighted by atomic mass is 10.4. The van der Waals surface area contributed by atoms with Gasteiger partial charge in [-0.15, -0.1) is 24.8 Å². The van der Waals surface area contributed by atoms with E-state index in [4.69, 9.17) is 10.5 Å². The number of primary amides is 1. The zero-order chi connectivity index (χ0) is 7.40. The normalized spacial score (nSPS) is 17.3. The van der Waals surface area contributed by atoms with E-state index in [1.807, 2.05) is 4.90 Å². The number of nitrogens with zero attached hydrogens (tertiary/aromatic N) is 1. The summed E-state index contributed by atoms with van der Waals surface area (Å²) in [4.78, 5) is 12.4. The largest absolute Gasteiger partial charge is 0.379 e. The van der Waals surface area contributed by atoms with E-state index >= 15 is 0 Å². The Labute approximate surface area is 84.2 Å². The number of rotatable bonds is 2. The molecule has 1 fully saturated rings. The van der Waals surface area contributed by atoms with E-state index in [-0.39, 0.29) is 30.7 Å². The Kier molecular flexibility index (Phi) is 9.19. The topological polar surface area (TPSA) is 55.6 Å². The first-order valence-corrected chi connectivity index (χ1v) is 3.37. The second kappa shape index (κ2) is 7.61. The molecule has 0 aliphatic carbocycles. The van der Waals surface area contributed by atoms with Gasteiger partial charge in [-0.1, -0.05) is 0 Å². The highest BCUT2D eigenvalue weighted by atomic mass is 35.5. The van der Waals surface area contributed by atoms with Crippen LogP contribution in [0.5, 0.6) is 0 Å². The second-order valence-electron chi connectivity index (χ2n) is 2.35. The zero-order valence-electron chi connectivity index (χ0n) is 6.69. The van der Waals surface area contributed by atoms with Crippen molar-refractivity contribution in [3.8, 4) is 0 Å². The van der Waals surface area contributed by atoms with Crippen LogP contribution in [0.3, 0.4) is 0 Å². The number of hydrogen-bond acceptors (Lipinski definition) is 3. The molecule has 0 unspecified atom stereocenters. The van der Waals surface area contributed by atoms with Gasteiger partial charge >= 0.3 is 0 Å². The van der Waals surface area contributed by atoms with Crippen molar-refractivity contribution in [2.45, 2.75) is 0 Å². The summed E-state index contributed by atoms with van der Waals surface area (Å²) in [5.74, 6) is -0.262. The molecule has 1 saturated heterocycles. The van der Waals surface area contributed by atoms with E-state index in [0.717, 1.165) is 13.1 Å². The van der Waals surface area contributed by atoms with Crippen molar-refractivity contribution in [2.75, 3.05) is 32.8 Å². The third kappa shape index (κ3) is 5.60. The van der Waals surface area contributed by atoms with E-state index < -0.39 is 0 Å². The Bertz CT molecular complexity index is 129. The maximum absolute atomic E-state index is 10.4. The molecule has 1 amide bonds. The van der Waals surface area contributed by atoms with Crippen molar-refractivity contribution >= 4 is 30.7 Å². The van der Waals surface area contributed by atoms with E-state index in [2.05, 4.69) is 0 Å². The van der Waals surface area contributed by atoms with Crippen LogP contribution in [0, 0.1) is 0 Å². The van der Waals surface area contributed by atoms with Crippen LogP contribution in [0.1, 0.15) is 0 Å². The lowest BCUT2D eigenvalue weighted by Crippen LogP contribution is -2.41. The predicted octanol–water partition coefficient (Wildman–Crippen LogP) is -0.353. The Hall–Kier alpha value is -0.0300. The van der Waals surface area contributed by atoms with Gasteiger partial charge in [0.05, 0.1) is 19.8 Å². The third-order valence-electron chi connectivity index (χ3n) is 1.48. The summed E-state index contributed by atoms with van der Waals surface area (Å²) in [6, 6.07) is 0. The number of morpholine rings is 1. The summed E-state index contributed by atoms with van der Waals surface area (Å²) in [6.45, 7) is 3.44. The van der Waals surface area contributed by atoms with Crippen LogP contribution in [0.25, 0.3) is 0 Å². The quantitative estimate of drug-likeness (QED) is 0.687. The number of nitrogens with two attached hydrogens (primary N) is 1. The van der Waals surface area contributed by atoms with Gasteiger partial charge in [-0.05, 0) is 0 Å². The molecule has 4 nitrogen and oxygen atoms in total. The Morgan fingerprint density at radius 2 is 1.83 bits per heavy atom. The first kappa shape index (κ1) is 14.5. The number of ether oxygens (including phenoxy) is 1. The van der Waals surface area contributed by atoms with Gasteiger partial charge in [0.1, 0.15) is 0 Å². The van der Waals surface area contributed by atoms with Gasteiger partial charge in [-0.25, -0.2) is 0 Å². The molecule has 1 aliphatic heterocycles. The Morgan fingerprint density at radius 1 is 1.33 bits per heavy atom. The maximum atomic E-state index is 10.4. The number of carbonyl (C=O) groups is 1. The fourth-order valence-electron chi connectivity index (χ4n) is 0.980. The average molecular weight is 217 g/mol. The molecule has 12 heavy (non-hydrogen) atoms. The molecule has 0 atom stereocenters. The van der Waals surface area contributed by atoms with E-state index in [0.29, 0.717) is 19.8 Å². The molecule has 6 heteroatoms. The molecule has 1 heterocycles. The van der Waals surface area contributed by atoms with Crippen LogP contribution in [-0.2, 0) is 9.53 Å². The molecule has 0 saturated carbocycles. The minimum atomic E-state index is -0.262. The lowest BCUT2D eigenvalue weighted by Gasteiger charge is -2.24. The highest BCUT2D eigenvalue weighted by Crippen LogP contribution is 1.94. The summed E-state index contributed by atoms with van der Waals surface area (Å²) < 4.78 is 5.09. The van der Waals surface area contributed by atoms with Crippen LogP contribution in [0.15, 0.2) is 0 Å². The predicted molar refractivity (Wildman–Crippen MR) is 50.9 cm³/mol. The summed E-state index contributed by atoms with van der Waals surface area (Å²) in [5, 5.41) is 0. The second-order valence-corrected chi connectivity index (χ2v) is 2.35. The van der Waals surface area contributed by atoms with E-state index in [1.54, 1.807) is 0 Å². The number of hydrogen-bond donors (Lipinski definition) is 1. The van der Waals surface area contributed by atoms with Crippen molar-refractivity contribution in [1.29, 1.82) is 0 Å². The van der Waals surface area contributed by atoms with Crippen LogP contribution >= 0.6 is 24.8 Å². The van der Waals surface area contributed by atoms with Gasteiger partial charge in [0, 0.05) is 13.1 Å². The SMILES string of the molecule is Cl.Cl.NC(=O)CN1CCOCC1. The van der Waals surface area contributed by atoms with Gasteiger partial charge in [0.2, 0.25) is 5.91 Å². The molecule has 0 aromatic heterocycles. The third-order valence-corrected chi connectivity index (χ3v) is 1.48. The lowest BCUT2D eigenvalue weighted by molar-refractivity contribution is -0.120. The molecule has 74 valence electrons. The number of carbonyl (C=O) groups excluding carboxylic acids is 1. The minimum Gasteiger partial charge on any atom is -0.379 e. The van der Waals surface area contributed by atoms with Crippen LogP contribution in [-0.4, -0.2) is 43.7 Å². The minimum absolute atomic E-state index is 0. The van der Waals surface area contributed by atoms with Gasteiger partial charge < -0.3 is 10.5 Å². The highest BCUT2D eigenvalue weighted by Gasteiger charge is 2.11. The van der Waals surface area contributed by atoms with Crippen LogP contribution in [0.4, 0.5) is 0 Å². The summed E-state index contributed by atoms with van der Waals surface area (Å²) in [7, 11) is 0. The molecule has 0 bridgehead atoms. The van der Waals surface area contributed by atoms with Crippen LogP contribution in [0.2, 0.25) is 0 Å². The maximum Gasteiger partial charge on any atom is 0.231 e. The Morgan fingerprint density at radius 3 is 2.25 bits per heavy atom. The van der Waals surface area contributed by atoms with Gasteiger partial charge in [0.15, 0.2) is 0 Å². The Balaban J connectivity index is 0. The van der Waals surface area contributed by atoms with Crippen molar-refractivity contribution < 1.29 is 9.53 Å². The summed E-state index contributed by atoms with van der Waals surface area (Å²) in [5.41, 5.74) is 5.00. The van der Waals surface area contributed by atoms with E-state index in [9.17, 15) is 4.79 Å². The fraction of sp³-hybridized carbons (Fsp3) is 0.833. The highest BCUT2D eigenvalue weighted by molar-refractivity contribution is 5.85. The van der Waals surface area contributed by atoms with Gasteiger partial charge in [-0.2, -0.15) is 0 Å². The first-order chi connectivity index (χ1) is 4.79. The molecule has 0 aromatic rings. The van der Waals surface area contributed by atoms with Crippen molar-refractivity contribution in [2.24, 2.45) is 5.73 Å². The molecular weight excluding hydrogens is 203 g/mol. The number of amides is 1. The average Bonchev–Trinajstić information content (AvgIpc) is 1.88. The zero-order valence-corrected chi connectivity index (χ0v) is 8.33. The molecule has 2 N–H and O–H groups in total. The standard InChI is InChI=1S/C6H12N2O2.2ClH/c7-6(9)5-8-1-3-10-4-2-8;;/h1-5H2,(H2,7,9);2*1H. The summed E-state index contributed by atoms with van der Waals surface area (Å²) in [6.07, 6.45) is 0. The molecule has 1 aliphatic rings. The first-order valence-electron chi connectivity index (χ1n) is 3.37. The smallest absolute Gasteiger partial charge is 0.231 e. The van der Waals surface area contributed by atoms with Crippen molar-refractivity contribution in [3.05, 3.63) is 0 Å². The van der Waals surface area contributed by atoms with Gasteiger partial charge in [-0.3, -0.25) is 9.69 Å². The fourth-order valence-corrected chi connectivity index (χ4v) is 0.980. The molecule has 0 radical (unpaired) electrons. The summed E-state index contributed by atoms with van der Waals surface area (Å²) >= 11 is 0. The number of halogens is 2. The molecule has 0 aromatic carbocycles. The van der Waals surface area contributed by atoms with E-state index in [1.165, 1.54) is 0 Å². The molecular formula is C6H14Cl2N2O2. The van der Waals surface area contributed by atoms with Crippen molar-refractivity contribution in [3.63, 3.8) is 0 Å². The van der Waals surface area contributed by atoms with Gasteiger partial charge in [0.25, 0.3) is 0 Å². The molecule has 1 rings (SSSR count). The van der Waals surface area contributed by atoms with Crippen LogP contribution < -0.4 is 5.73 Å².